The summed E-state index contributed by atoms with van der Waals surface area (Å²) in [7, 11) is 0. The minimum absolute atomic E-state index is 0.187. The molecule has 0 fully saturated rings. The number of rotatable bonds is 6. The number of nitrogens with one attached hydrogen (secondary N) is 1. The van der Waals surface area contributed by atoms with Gasteiger partial charge in [0, 0.05) is 5.69 Å². The topological polar surface area (TPSA) is 85.8 Å². The van der Waals surface area contributed by atoms with Gasteiger partial charge in [0.2, 0.25) is 5.91 Å². The van der Waals surface area contributed by atoms with Crippen LogP contribution < -0.4 is 15.7 Å². The molecule has 0 heterocycles. The van der Waals surface area contributed by atoms with Crippen LogP contribution in [0.5, 0.6) is 0 Å². The zero-order valence-corrected chi connectivity index (χ0v) is 9.98. The number of nitrogens with two attached hydrogens (primary N) is 1. The third-order valence-electron chi connectivity index (χ3n) is 2.36. The maximum Gasteiger partial charge on any atom is 0.230 e. The molecule has 0 aliphatic carbocycles. The Labute approximate surface area is 104 Å². The van der Waals surface area contributed by atoms with Crippen molar-refractivity contribution < 1.29 is 24.4 Å². The van der Waals surface area contributed by atoms with Crippen LogP contribution in [0.4, 0.5) is 10.1 Å². The Morgan fingerprint density at radius 1 is 1.39 bits per heavy atom. The SMILES string of the molecule is CC[NH2+][C@@H](CC(=O)Nc1ccc(F)cc1)C(=O)[O-]. The van der Waals surface area contributed by atoms with E-state index >= 15 is 0 Å². The monoisotopic (exact) mass is 254 g/mol. The van der Waals surface area contributed by atoms with E-state index in [2.05, 4.69) is 5.32 Å². The van der Waals surface area contributed by atoms with Gasteiger partial charge in [0.05, 0.1) is 18.9 Å². The van der Waals surface area contributed by atoms with E-state index in [9.17, 15) is 19.1 Å². The lowest BCUT2D eigenvalue weighted by Crippen LogP contribution is -2.93. The minimum Gasteiger partial charge on any atom is -0.544 e. The molecule has 1 amide bonds. The van der Waals surface area contributed by atoms with Gasteiger partial charge in [-0.15, -0.1) is 0 Å². The van der Waals surface area contributed by atoms with E-state index in [1.807, 2.05) is 0 Å². The van der Waals surface area contributed by atoms with Gasteiger partial charge in [0.15, 0.2) is 0 Å². The molecule has 1 aromatic carbocycles. The van der Waals surface area contributed by atoms with E-state index in [1.165, 1.54) is 29.6 Å². The van der Waals surface area contributed by atoms with Crippen molar-refractivity contribution in [3.8, 4) is 0 Å². The van der Waals surface area contributed by atoms with Gasteiger partial charge in [-0.3, -0.25) is 4.79 Å². The number of amides is 1. The number of aliphatic carboxylic acids is 1. The highest BCUT2D eigenvalue weighted by Gasteiger charge is 2.17. The van der Waals surface area contributed by atoms with Crippen molar-refractivity contribution in [3.05, 3.63) is 30.1 Å². The van der Waals surface area contributed by atoms with Gasteiger partial charge in [-0.1, -0.05) is 0 Å². The summed E-state index contributed by atoms with van der Waals surface area (Å²) in [6.45, 7) is 2.33. The molecule has 3 N–H and O–H groups in total. The number of likely N-dealkylation sites (N-methyl/N-ethyl adjacent to an activating group) is 1. The number of hydrogen-bond acceptors (Lipinski definition) is 3. The molecule has 5 nitrogen and oxygen atoms in total. The molecular formula is C12H15FN2O3. The van der Waals surface area contributed by atoms with Crippen molar-refractivity contribution in [3.63, 3.8) is 0 Å². The van der Waals surface area contributed by atoms with E-state index in [1.54, 1.807) is 6.92 Å². The molecule has 6 heteroatoms. The standard InChI is InChI=1S/C12H15FN2O3/c1-2-14-10(12(17)18)7-11(16)15-9-5-3-8(13)4-6-9/h3-6,10,14H,2,7H2,1H3,(H,15,16)(H,17,18)/t10-/m0/s1. The van der Waals surface area contributed by atoms with Crippen LogP contribution >= 0.6 is 0 Å². The summed E-state index contributed by atoms with van der Waals surface area (Å²) in [4.78, 5) is 22.3. The van der Waals surface area contributed by atoms with E-state index in [0.29, 0.717) is 12.2 Å². The van der Waals surface area contributed by atoms with Crippen LogP contribution in [0.25, 0.3) is 0 Å². The van der Waals surface area contributed by atoms with Crippen LogP contribution in [-0.4, -0.2) is 24.5 Å². The Morgan fingerprint density at radius 3 is 2.50 bits per heavy atom. The van der Waals surface area contributed by atoms with Crippen molar-refractivity contribution in [2.45, 2.75) is 19.4 Å². The molecule has 0 aliphatic rings. The summed E-state index contributed by atoms with van der Waals surface area (Å²) in [6, 6.07) is 4.33. The Balaban J connectivity index is 2.54. The largest absolute Gasteiger partial charge is 0.544 e. The molecule has 1 rings (SSSR count). The number of benzene rings is 1. The highest BCUT2D eigenvalue weighted by Crippen LogP contribution is 2.08. The first-order chi connectivity index (χ1) is 8.52. The first-order valence-electron chi connectivity index (χ1n) is 5.62. The normalized spacial score (nSPS) is 11.9. The van der Waals surface area contributed by atoms with Crippen molar-refractivity contribution in [1.82, 2.24) is 0 Å². The van der Waals surface area contributed by atoms with Gasteiger partial charge < -0.3 is 20.5 Å². The van der Waals surface area contributed by atoms with Gasteiger partial charge in [-0.2, -0.15) is 0 Å². The smallest absolute Gasteiger partial charge is 0.230 e. The second-order valence-corrected chi connectivity index (χ2v) is 3.83. The lowest BCUT2D eigenvalue weighted by molar-refractivity contribution is -0.679. The Hall–Kier alpha value is -1.95. The van der Waals surface area contributed by atoms with Crippen molar-refractivity contribution in [2.75, 3.05) is 11.9 Å². The van der Waals surface area contributed by atoms with Gasteiger partial charge in [-0.25, -0.2) is 4.39 Å². The molecule has 0 unspecified atom stereocenters. The maximum absolute atomic E-state index is 12.6. The van der Waals surface area contributed by atoms with Crippen LogP contribution in [0.3, 0.4) is 0 Å². The quantitative estimate of drug-likeness (QED) is 0.672. The highest BCUT2D eigenvalue weighted by molar-refractivity contribution is 5.93. The lowest BCUT2D eigenvalue weighted by atomic mass is 10.2. The van der Waals surface area contributed by atoms with Crippen molar-refractivity contribution >= 4 is 17.6 Å². The second-order valence-electron chi connectivity index (χ2n) is 3.83. The van der Waals surface area contributed by atoms with Gasteiger partial charge >= 0.3 is 0 Å². The summed E-state index contributed by atoms with van der Waals surface area (Å²) >= 11 is 0. The number of carboxylic acids is 1. The summed E-state index contributed by atoms with van der Waals surface area (Å²) < 4.78 is 12.6. The highest BCUT2D eigenvalue weighted by atomic mass is 19.1. The minimum atomic E-state index is -1.27. The van der Waals surface area contributed by atoms with Crippen LogP contribution in [0.1, 0.15) is 13.3 Å². The van der Waals surface area contributed by atoms with Gasteiger partial charge in [0.25, 0.3) is 0 Å². The lowest BCUT2D eigenvalue weighted by Gasteiger charge is -2.15. The zero-order chi connectivity index (χ0) is 13.5. The van der Waals surface area contributed by atoms with Crippen molar-refractivity contribution in [2.24, 2.45) is 0 Å². The Kier molecular flexibility index (Phi) is 5.26. The molecule has 1 aromatic rings. The third-order valence-corrected chi connectivity index (χ3v) is 2.36. The Morgan fingerprint density at radius 2 is 2.00 bits per heavy atom. The van der Waals surface area contributed by atoms with Crippen LogP contribution in [0.2, 0.25) is 0 Å². The van der Waals surface area contributed by atoms with E-state index < -0.39 is 23.7 Å². The summed E-state index contributed by atoms with van der Waals surface area (Å²) in [6.07, 6.45) is -0.187. The zero-order valence-electron chi connectivity index (χ0n) is 9.98. The molecule has 0 aliphatic heterocycles. The molecule has 0 aromatic heterocycles. The van der Waals surface area contributed by atoms with E-state index in [-0.39, 0.29) is 6.42 Å². The van der Waals surface area contributed by atoms with E-state index in [4.69, 9.17) is 0 Å². The summed E-state index contributed by atoms with van der Waals surface area (Å²) in [5.74, 6) is -2.12. The molecule has 0 radical (unpaired) electrons. The first kappa shape index (κ1) is 14.1. The van der Waals surface area contributed by atoms with Crippen LogP contribution in [0, 0.1) is 5.82 Å². The Bertz CT molecular complexity index is 420. The molecule has 0 bridgehead atoms. The fraction of sp³-hybridized carbons (Fsp3) is 0.333. The summed E-state index contributed by atoms with van der Waals surface area (Å²) in [5, 5.41) is 14.8. The number of carboxylic acid groups (broad SMARTS) is 1. The first-order valence-corrected chi connectivity index (χ1v) is 5.62. The number of halogens is 1. The number of hydrogen-bond donors (Lipinski definition) is 2. The molecule has 0 saturated carbocycles. The fourth-order valence-electron chi connectivity index (χ4n) is 1.49. The molecule has 18 heavy (non-hydrogen) atoms. The van der Waals surface area contributed by atoms with E-state index in [0.717, 1.165) is 0 Å². The predicted octanol–water partition coefficient (Wildman–Crippen LogP) is -1.14. The molecule has 1 atom stereocenters. The molecule has 0 spiro atoms. The summed E-state index contributed by atoms with van der Waals surface area (Å²) in [5.41, 5.74) is 0.426. The van der Waals surface area contributed by atoms with Gasteiger partial charge in [0.1, 0.15) is 11.9 Å². The predicted molar refractivity (Wildman–Crippen MR) is 60.9 cm³/mol. The van der Waals surface area contributed by atoms with Gasteiger partial charge in [-0.05, 0) is 31.2 Å². The molecule has 98 valence electrons. The third kappa shape index (κ3) is 4.50. The number of anilines is 1. The number of carbonyl (C=O) groups excluding carboxylic acids is 2. The molecular weight excluding hydrogens is 239 g/mol. The average Bonchev–Trinajstić information content (AvgIpc) is 2.31. The van der Waals surface area contributed by atoms with Crippen LogP contribution in [0.15, 0.2) is 24.3 Å². The maximum atomic E-state index is 12.6. The number of quaternary nitrogens is 1. The molecule has 0 saturated heterocycles. The van der Waals surface area contributed by atoms with Crippen molar-refractivity contribution in [1.29, 1.82) is 0 Å². The number of carbonyl (C=O) groups is 2. The van der Waals surface area contributed by atoms with Crippen LogP contribution in [-0.2, 0) is 9.59 Å². The second kappa shape index (κ2) is 6.70. The average molecular weight is 254 g/mol. The fourth-order valence-corrected chi connectivity index (χ4v) is 1.49.